The van der Waals surface area contributed by atoms with Gasteiger partial charge in [0.15, 0.2) is 0 Å². The van der Waals surface area contributed by atoms with Crippen molar-refractivity contribution >= 4 is 6.47 Å². The number of hydrogen-bond donors (Lipinski definition) is 0. The standard InChI is InChI=1S/C27H46O2/c1-21-19-24(15-11-9-13-17-26(4,5)6)23(3)25(22(21)2)16-12-10-14-18-27(7,8)29-20-28/h19-20H,9-18H2,1-8H3. The number of ether oxygens (including phenoxy) is 1. The van der Waals surface area contributed by atoms with Crippen LogP contribution in [-0.4, -0.2) is 12.1 Å². The molecule has 0 atom stereocenters. The summed E-state index contributed by atoms with van der Waals surface area (Å²) in [5, 5.41) is 0. The Kier molecular flexibility index (Phi) is 10.4. The van der Waals surface area contributed by atoms with Gasteiger partial charge in [-0.2, -0.15) is 0 Å². The third kappa shape index (κ3) is 9.83. The molecule has 1 rings (SSSR count). The third-order valence-electron chi connectivity index (χ3n) is 6.31. The Morgan fingerprint density at radius 3 is 1.97 bits per heavy atom. The first-order valence-corrected chi connectivity index (χ1v) is 11.7. The fourth-order valence-corrected chi connectivity index (χ4v) is 4.19. The molecule has 0 aromatic heterocycles. The SMILES string of the molecule is Cc1cc(CCCCCC(C)(C)C)c(C)c(CCCCCC(C)(C)OC=O)c1C. The van der Waals surface area contributed by atoms with Crippen LogP contribution in [0.2, 0.25) is 0 Å². The number of carbonyl (C=O) groups is 1. The highest BCUT2D eigenvalue weighted by atomic mass is 16.5. The monoisotopic (exact) mass is 402 g/mol. The maximum Gasteiger partial charge on any atom is 0.293 e. The van der Waals surface area contributed by atoms with Gasteiger partial charge in [0, 0.05) is 0 Å². The Morgan fingerprint density at radius 1 is 0.793 bits per heavy atom. The van der Waals surface area contributed by atoms with Crippen LogP contribution in [0, 0.1) is 26.2 Å². The maximum absolute atomic E-state index is 10.6. The number of aryl methyl sites for hydroxylation is 2. The summed E-state index contributed by atoms with van der Waals surface area (Å²) < 4.78 is 5.16. The molecular formula is C27H46O2. The minimum absolute atomic E-state index is 0.336. The highest BCUT2D eigenvalue weighted by Crippen LogP contribution is 2.27. The van der Waals surface area contributed by atoms with Gasteiger partial charge < -0.3 is 4.74 Å². The molecule has 0 spiro atoms. The van der Waals surface area contributed by atoms with Gasteiger partial charge in [-0.3, -0.25) is 4.79 Å². The Labute approximate surface area is 180 Å². The van der Waals surface area contributed by atoms with Crippen LogP contribution >= 0.6 is 0 Å². The van der Waals surface area contributed by atoms with E-state index in [1.165, 1.54) is 61.6 Å². The van der Waals surface area contributed by atoms with Crippen LogP contribution in [0.3, 0.4) is 0 Å². The molecular weight excluding hydrogens is 356 g/mol. The molecule has 29 heavy (non-hydrogen) atoms. The van der Waals surface area contributed by atoms with Gasteiger partial charge in [0.2, 0.25) is 0 Å². The Hall–Kier alpha value is -1.31. The zero-order valence-corrected chi connectivity index (χ0v) is 20.5. The fourth-order valence-electron chi connectivity index (χ4n) is 4.19. The molecule has 0 saturated carbocycles. The summed E-state index contributed by atoms with van der Waals surface area (Å²) in [6.07, 6.45) is 12.1. The summed E-state index contributed by atoms with van der Waals surface area (Å²) >= 11 is 0. The lowest BCUT2D eigenvalue weighted by Crippen LogP contribution is -2.23. The molecule has 0 saturated heterocycles. The zero-order valence-electron chi connectivity index (χ0n) is 20.5. The molecule has 0 radical (unpaired) electrons. The number of benzene rings is 1. The molecule has 1 aromatic rings. The second-order valence-corrected chi connectivity index (χ2v) is 10.7. The van der Waals surface area contributed by atoms with Crippen LogP contribution in [-0.2, 0) is 22.4 Å². The topological polar surface area (TPSA) is 26.3 Å². The van der Waals surface area contributed by atoms with Crippen LogP contribution in [0.25, 0.3) is 0 Å². The molecule has 1 aromatic carbocycles. The molecule has 0 aliphatic carbocycles. The van der Waals surface area contributed by atoms with E-state index in [2.05, 4.69) is 47.6 Å². The van der Waals surface area contributed by atoms with Gasteiger partial charge in [-0.05, 0) is 113 Å². The van der Waals surface area contributed by atoms with Crippen molar-refractivity contribution in [2.24, 2.45) is 5.41 Å². The van der Waals surface area contributed by atoms with Crippen molar-refractivity contribution in [1.82, 2.24) is 0 Å². The molecule has 2 nitrogen and oxygen atoms in total. The first-order valence-electron chi connectivity index (χ1n) is 11.7. The van der Waals surface area contributed by atoms with E-state index in [9.17, 15) is 4.79 Å². The van der Waals surface area contributed by atoms with Gasteiger partial charge in [-0.25, -0.2) is 0 Å². The predicted octanol–water partition coefficient (Wildman–Crippen LogP) is 7.82. The van der Waals surface area contributed by atoms with Crippen molar-refractivity contribution in [2.45, 2.75) is 125 Å². The summed E-state index contributed by atoms with van der Waals surface area (Å²) in [4.78, 5) is 10.6. The minimum atomic E-state index is -0.336. The van der Waals surface area contributed by atoms with Crippen molar-refractivity contribution in [3.63, 3.8) is 0 Å². The highest BCUT2D eigenvalue weighted by Gasteiger charge is 2.18. The lowest BCUT2D eigenvalue weighted by molar-refractivity contribution is -0.140. The molecule has 2 heteroatoms. The summed E-state index contributed by atoms with van der Waals surface area (Å²) in [6, 6.07) is 2.43. The molecule has 0 aliphatic rings. The van der Waals surface area contributed by atoms with E-state index in [0.29, 0.717) is 11.9 Å². The van der Waals surface area contributed by atoms with Crippen molar-refractivity contribution in [3.05, 3.63) is 33.9 Å². The van der Waals surface area contributed by atoms with Gasteiger partial charge >= 0.3 is 0 Å². The Bertz CT molecular complexity index is 635. The average molecular weight is 403 g/mol. The van der Waals surface area contributed by atoms with E-state index in [-0.39, 0.29) is 5.60 Å². The summed E-state index contributed by atoms with van der Waals surface area (Å²) in [7, 11) is 0. The van der Waals surface area contributed by atoms with Crippen molar-refractivity contribution in [3.8, 4) is 0 Å². The van der Waals surface area contributed by atoms with Crippen LogP contribution < -0.4 is 0 Å². The van der Waals surface area contributed by atoms with Gasteiger partial charge in [-0.1, -0.05) is 46.1 Å². The Balaban J connectivity index is 2.57. The number of unbranched alkanes of at least 4 members (excludes halogenated alkanes) is 4. The van der Waals surface area contributed by atoms with Crippen LogP contribution in [0.15, 0.2) is 6.07 Å². The van der Waals surface area contributed by atoms with E-state index < -0.39 is 0 Å². The van der Waals surface area contributed by atoms with E-state index in [0.717, 1.165) is 19.3 Å². The van der Waals surface area contributed by atoms with Crippen molar-refractivity contribution < 1.29 is 9.53 Å². The zero-order chi connectivity index (χ0) is 22.1. The van der Waals surface area contributed by atoms with Crippen LogP contribution in [0.1, 0.15) is 114 Å². The van der Waals surface area contributed by atoms with E-state index in [1.807, 2.05) is 13.8 Å². The average Bonchev–Trinajstić information content (AvgIpc) is 2.60. The molecule has 0 heterocycles. The molecule has 0 fully saturated rings. The largest absolute Gasteiger partial charge is 0.462 e. The van der Waals surface area contributed by atoms with Crippen LogP contribution in [0.5, 0.6) is 0 Å². The maximum atomic E-state index is 10.6. The Morgan fingerprint density at radius 2 is 1.38 bits per heavy atom. The molecule has 0 amide bonds. The van der Waals surface area contributed by atoms with E-state index in [4.69, 9.17) is 4.74 Å². The first-order chi connectivity index (χ1) is 13.5. The van der Waals surface area contributed by atoms with Gasteiger partial charge in [0.1, 0.15) is 5.60 Å². The highest BCUT2D eigenvalue weighted by molar-refractivity contribution is 5.44. The minimum Gasteiger partial charge on any atom is -0.462 e. The van der Waals surface area contributed by atoms with Gasteiger partial charge in [-0.15, -0.1) is 0 Å². The summed E-state index contributed by atoms with van der Waals surface area (Å²) in [5.74, 6) is 0. The van der Waals surface area contributed by atoms with Crippen molar-refractivity contribution in [2.75, 3.05) is 0 Å². The second-order valence-electron chi connectivity index (χ2n) is 10.7. The normalized spacial score (nSPS) is 12.3. The number of carbonyl (C=O) groups excluding carboxylic acids is 1. The second kappa shape index (κ2) is 11.8. The first kappa shape index (κ1) is 25.7. The van der Waals surface area contributed by atoms with Crippen molar-refractivity contribution in [1.29, 1.82) is 0 Å². The molecule has 166 valence electrons. The molecule has 0 unspecified atom stereocenters. The van der Waals surface area contributed by atoms with Gasteiger partial charge in [0.25, 0.3) is 6.47 Å². The van der Waals surface area contributed by atoms with Gasteiger partial charge in [0.05, 0.1) is 0 Å². The fraction of sp³-hybridized carbons (Fsp3) is 0.741. The summed E-state index contributed by atoms with van der Waals surface area (Å²) in [5.41, 5.74) is 7.68. The lowest BCUT2D eigenvalue weighted by atomic mass is 9.87. The molecule has 0 bridgehead atoms. The number of rotatable bonds is 13. The summed E-state index contributed by atoms with van der Waals surface area (Å²) in [6.45, 7) is 18.4. The quantitative estimate of drug-likeness (QED) is 0.248. The predicted molar refractivity (Wildman–Crippen MR) is 126 cm³/mol. The smallest absolute Gasteiger partial charge is 0.293 e. The molecule has 0 aliphatic heterocycles. The lowest BCUT2D eigenvalue weighted by Gasteiger charge is -2.22. The molecule has 0 N–H and O–H groups in total. The third-order valence-corrected chi connectivity index (χ3v) is 6.31. The van der Waals surface area contributed by atoms with E-state index in [1.54, 1.807) is 11.1 Å². The van der Waals surface area contributed by atoms with E-state index >= 15 is 0 Å². The number of hydrogen-bond acceptors (Lipinski definition) is 2. The van der Waals surface area contributed by atoms with Crippen LogP contribution in [0.4, 0.5) is 0 Å².